The molecule has 5 aromatic carbocycles. The summed E-state index contributed by atoms with van der Waals surface area (Å²) < 4.78 is 1.66. The lowest BCUT2D eigenvalue weighted by atomic mass is 10.0. The minimum atomic E-state index is -0.891. The number of amides is 5. The predicted octanol–water partition coefficient (Wildman–Crippen LogP) is 8.67. The van der Waals surface area contributed by atoms with E-state index in [-0.39, 0.29) is 42.9 Å². The van der Waals surface area contributed by atoms with E-state index in [9.17, 15) is 38.4 Å². The maximum Gasteiger partial charge on any atom is 0.335 e. The number of hydrogen-bond donors (Lipinski definition) is 7. The number of nitrogens with one attached hydrogen (secondary N) is 5. The molecule has 6 fully saturated rings. The predicted molar refractivity (Wildman–Crippen MR) is 421 cm³/mol. The summed E-state index contributed by atoms with van der Waals surface area (Å²) in [6.07, 6.45) is 12.3. The van der Waals surface area contributed by atoms with Crippen LogP contribution >= 0.6 is 34.0 Å². The van der Waals surface area contributed by atoms with Gasteiger partial charge < -0.3 is 60.6 Å². The summed E-state index contributed by atoms with van der Waals surface area (Å²) in [4.78, 5) is 132. The van der Waals surface area contributed by atoms with Gasteiger partial charge >= 0.3 is 11.9 Å². The van der Waals surface area contributed by atoms with Crippen LogP contribution in [0.3, 0.4) is 0 Å². The molecule has 5 amide bonds. The number of carboxylic acid groups (broad SMARTS) is 2. The van der Waals surface area contributed by atoms with Crippen LogP contribution in [0.4, 0.5) is 11.4 Å². The number of benzene rings is 5. The third-order valence-electron chi connectivity index (χ3n) is 21.1. The highest BCUT2D eigenvalue weighted by molar-refractivity contribution is 7.12. The molecule has 0 aliphatic carbocycles. The zero-order valence-corrected chi connectivity index (χ0v) is 61.6. The second-order valence-corrected chi connectivity index (χ2v) is 30.3. The van der Waals surface area contributed by atoms with Crippen molar-refractivity contribution in [2.24, 2.45) is 0 Å². The summed E-state index contributed by atoms with van der Waals surface area (Å²) in [7, 11) is 0. The number of H-pyrrole nitrogens is 2. The summed E-state index contributed by atoms with van der Waals surface area (Å²) in [6.45, 7) is 16.6. The number of aromatic carboxylic acids is 2. The second kappa shape index (κ2) is 33.7. The molecule has 14 heterocycles. The molecule has 8 aliphatic heterocycles. The van der Waals surface area contributed by atoms with Crippen LogP contribution in [0.15, 0.2) is 163 Å². The number of thiazole rings is 3. The molecule has 0 bridgehead atoms. The molecule has 8 aliphatic rings. The van der Waals surface area contributed by atoms with Crippen molar-refractivity contribution in [3.8, 4) is 0 Å². The van der Waals surface area contributed by atoms with Gasteiger partial charge in [-0.05, 0) is 133 Å². The molecule has 30 heteroatoms. The first-order chi connectivity index (χ1) is 52.6. The fourth-order valence-electron chi connectivity index (χ4n) is 14.7. The molecule has 27 nitrogen and oxygen atoms in total. The second-order valence-electron chi connectivity index (χ2n) is 27.6. The minimum Gasteiger partial charge on any atom is -0.478 e. The van der Waals surface area contributed by atoms with Crippen LogP contribution in [0, 0.1) is 0 Å². The summed E-state index contributed by atoms with van der Waals surface area (Å²) in [6, 6.07) is 34.5. The summed E-state index contributed by atoms with van der Waals surface area (Å²) in [5, 5.41) is 37.2. The summed E-state index contributed by atoms with van der Waals surface area (Å²) in [5.74, 6) is -1.59. The first kappa shape index (κ1) is 74.8. The molecule has 6 saturated heterocycles. The molecule has 0 unspecified atom stereocenters. The van der Waals surface area contributed by atoms with Crippen LogP contribution in [-0.2, 0) is 12.8 Å². The lowest BCUT2D eigenvalue weighted by molar-refractivity contribution is 0.00807. The van der Waals surface area contributed by atoms with Gasteiger partial charge in [-0.2, -0.15) is 0 Å². The monoisotopic (exact) mass is 1530 g/mol. The van der Waals surface area contributed by atoms with Gasteiger partial charge in [-0.25, -0.2) is 24.5 Å². The SMILES string of the molecule is C.O=C(O)c1ccc2[nH]ccc2c1.O=C(O)c1ccc2c(c1)CCN2.O=C(c1ccc2[nH]ccc2c1)N1CC(N2CCN(C(=O)c3nccs3)CC2)C1.O=C(c1ccc2c(ccn2C(=O)c2ccc3c(c2)CCN3)c1)N1CC(N2CCN(C(=O)c3nccs3)CC2)C1.O=C(c1nccs1)N1CCN(C2CNC2)CC1. The van der Waals surface area contributed by atoms with Gasteiger partial charge in [0, 0.05) is 258 Å². The van der Waals surface area contributed by atoms with Crippen molar-refractivity contribution in [1.82, 2.24) is 74.0 Å². The number of rotatable bonds is 11. The van der Waals surface area contributed by atoms with E-state index < -0.39 is 11.9 Å². The average Bonchev–Trinajstić information content (AvgIpc) is 1.74. The van der Waals surface area contributed by atoms with Gasteiger partial charge in [-0.3, -0.25) is 48.0 Å². The zero-order valence-electron chi connectivity index (χ0n) is 59.1. The van der Waals surface area contributed by atoms with Crippen molar-refractivity contribution < 1.29 is 48.6 Å². The van der Waals surface area contributed by atoms with E-state index >= 15 is 0 Å². The van der Waals surface area contributed by atoms with E-state index in [4.69, 9.17) is 10.2 Å². The molecule has 0 saturated carbocycles. The van der Waals surface area contributed by atoms with E-state index in [0.29, 0.717) is 94.7 Å². The fourth-order valence-corrected chi connectivity index (χ4v) is 16.5. The first-order valence-electron chi connectivity index (χ1n) is 36.2. The normalized spacial score (nSPS) is 17.2. The number of carbonyl (C=O) groups is 8. The number of hydrogen-bond acceptors (Lipinski definition) is 20. The number of likely N-dealkylation sites (tertiary alicyclic amines) is 2. The minimum absolute atomic E-state index is 0. The van der Waals surface area contributed by atoms with Crippen molar-refractivity contribution in [2.75, 3.05) is 142 Å². The van der Waals surface area contributed by atoms with Crippen LogP contribution in [0.2, 0.25) is 0 Å². The van der Waals surface area contributed by atoms with Gasteiger partial charge in [0.2, 0.25) is 0 Å². The van der Waals surface area contributed by atoms with Gasteiger partial charge in [-0.1, -0.05) is 7.43 Å². The standard InChI is InChI=1S/C29H28N6O3S.C20H21N5O2S.C11H16N4OS.C9H9NO2.C9H7NO2.CH4/c36-27(34-17-23(18-34)32-10-12-33(13-11-32)29(38)26-31-8-14-39-26)21-2-4-25-20(16-21)6-9-35(25)28(37)22-1-3-24-19(15-22)5-7-30-24;26-19(15-1-2-17-14(11-15)3-4-21-17)25-12-16(13-25)23-6-8-24(9-7-23)20(27)18-22-5-10-28-18;16-11(10-13-1-6-17-10)15-4-2-14(3-5-15)9-7-12-8-9;2*11-9(12)7-1-2-8-6(5-7)3-4-10-8;/h1-4,6,8-9,14-16,23,30H,5,7,10-13,17-18H2;1-5,10-11,16,21H,6-9,12-13H2;1,6,9,12H,2-5,7-8H2;1-2,5,10H,3-4H2,(H,11,12);1-5,10H,(H,11,12);1H4. The van der Waals surface area contributed by atoms with Gasteiger partial charge in [0.25, 0.3) is 35.4 Å². The number of aromatic amines is 2. The van der Waals surface area contributed by atoms with Gasteiger partial charge in [0.05, 0.1) is 16.6 Å². The lowest BCUT2D eigenvalue weighted by Gasteiger charge is -2.48. The molecule has 7 N–H and O–H groups in total. The van der Waals surface area contributed by atoms with Crippen LogP contribution in [0.1, 0.15) is 99.7 Å². The molecule has 0 spiro atoms. The molecule has 19 rings (SSSR count). The Kier molecular flexibility index (Phi) is 23.1. The van der Waals surface area contributed by atoms with E-state index in [1.165, 1.54) is 39.6 Å². The van der Waals surface area contributed by atoms with Crippen molar-refractivity contribution >= 4 is 125 Å². The number of anilines is 2. The first-order valence-corrected chi connectivity index (χ1v) is 38.8. The Bertz CT molecular complexity index is 5080. The van der Waals surface area contributed by atoms with Crippen molar-refractivity contribution in [3.63, 3.8) is 0 Å². The Morgan fingerprint density at radius 2 is 0.780 bits per heavy atom. The molecule has 109 heavy (non-hydrogen) atoms. The van der Waals surface area contributed by atoms with Gasteiger partial charge in [0.15, 0.2) is 15.0 Å². The van der Waals surface area contributed by atoms with E-state index in [1.54, 1.807) is 65.9 Å². The smallest absolute Gasteiger partial charge is 0.335 e. The molecular formula is C79H85N17O10S3. The van der Waals surface area contributed by atoms with Crippen molar-refractivity contribution in [2.45, 2.75) is 38.4 Å². The number of aromatic nitrogens is 6. The molecule has 11 aromatic rings. The summed E-state index contributed by atoms with van der Waals surface area (Å²) >= 11 is 4.18. The Morgan fingerprint density at radius 3 is 1.21 bits per heavy atom. The zero-order chi connectivity index (χ0) is 74.4. The maximum atomic E-state index is 13.2. The van der Waals surface area contributed by atoms with E-state index in [2.05, 4.69) is 55.6 Å². The third kappa shape index (κ3) is 16.8. The molecule has 0 atom stereocenters. The van der Waals surface area contributed by atoms with E-state index in [1.807, 2.05) is 126 Å². The average molecular weight is 1530 g/mol. The fraction of sp³-hybridized carbons (Fsp3) is 0.329. The maximum absolute atomic E-state index is 13.2. The Morgan fingerprint density at radius 1 is 0.394 bits per heavy atom. The third-order valence-corrected chi connectivity index (χ3v) is 23.4. The largest absolute Gasteiger partial charge is 0.478 e. The van der Waals surface area contributed by atoms with Crippen LogP contribution in [0.25, 0.3) is 32.7 Å². The Labute approximate surface area is 640 Å². The highest BCUT2D eigenvalue weighted by atomic mass is 32.1. The van der Waals surface area contributed by atoms with Gasteiger partial charge in [0.1, 0.15) is 0 Å². The quantitative estimate of drug-likeness (QED) is 0.0637. The molecular weight excluding hydrogens is 1440 g/mol. The molecule has 6 aromatic heterocycles. The van der Waals surface area contributed by atoms with Crippen molar-refractivity contribution in [3.05, 3.63) is 216 Å². The van der Waals surface area contributed by atoms with Crippen LogP contribution in [0.5, 0.6) is 0 Å². The highest BCUT2D eigenvalue weighted by Gasteiger charge is 2.40. The lowest BCUT2D eigenvalue weighted by Crippen LogP contribution is -2.64. The van der Waals surface area contributed by atoms with Crippen LogP contribution < -0.4 is 16.0 Å². The topological polar surface area (TPSA) is 314 Å². The summed E-state index contributed by atoms with van der Waals surface area (Å²) in [5.41, 5.74) is 9.97. The van der Waals surface area contributed by atoms with Crippen LogP contribution in [-0.4, -0.2) is 275 Å². The number of fused-ring (bicyclic) bond motifs is 5. The number of carbonyl (C=O) groups excluding carboxylic acids is 6. The Balaban J connectivity index is 0.000000123. The molecule has 0 radical (unpaired) electrons. The van der Waals surface area contributed by atoms with Crippen molar-refractivity contribution in [1.29, 1.82) is 0 Å². The number of nitrogens with zero attached hydrogens (tertiary/aromatic N) is 12. The van der Waals surface area contributed by atoms with Gasteiger partial charge in [-0.15, -0.1) is 34.0 Å². The Hall–Kier alpha value is -11.0. The number of piperazine rings is 3. The van der Waals surface area contributed by atoms with E-state index in [0.717, 1.165) is 160 Å². The molecule has 564 valence electrons. The highest BCUT2D eigenvalue weighted by Crippen LogP contribution is 2.30. The number of carboxylic acids is 2.